The summed E-state index contributed by atoms with van der Waals surface area (Å²) in [7, 11) is 0. The van der Waals surface area contributed by atoms with Crippen LogP contribution in [-0.2, 0) is 49.6 Å². The molecule has 2 aromatic carbocycles. The number of aliphatic carboxylic acids is 6. The van der Waals surface area contributed by atoms with E-state index in [-0.39, 0.29) is 146 Å². The quantitative estimate of drug-likeness (QED) is 0.0392. The van der Waals surface area contributed by atoms with Crippen molar-refractivity contribution in [2.75, 3.05) is 91.6 Å². The van der Waals surface area contributed by atoms with Crippen LogP contribution >= 0.6 is 0 Å². The Hall–Kier alpha value is -5.73. The number of carbonyl (C=O) groups is 10. The summed E-state index contributed by atoms with van der Waals surface area (Å²) in [5.74, 6) is -9.56. The SMILES string of the molecule is O=C([O-])CN1CCN(CC(=O)[O-])CCN(CC(=O)NCC2CCC(C(=O)N[C@@H](Cc3ccc4ccccc4c3)C(=O)NCCCC[C@H](NC(=O)N[C@@H](CCC(=O)O)C(=O)O)C(=O)O)CC2)CCN(CC(=O)[O-])CC1.[Lu+3]. The molecule has 1 aliphatic carbocycles. The first-order chi connectivity index (χ1) is 35.2. The Morgan fingerprint density at radius 1 is 0.573 bits per heavy atom. The van der Waals surface area contributed by atoms with Gasteiger partial charge in [-0.3, -0.25) is 38.8 Å². The van der Waals surface area contributed by atoms with Crippen LogP contribution < -0.4 is 41.9 Å². The minimum absolute atomic E-state index is 0. The number of rotatable bonds is 27. The number of benzene rings is 2. The van der Waals surface area contributed by atoms with Gasteiger partial charge in [-0.05, 0) is 73.6 Å². The molecule has 2 aliphatic rings. The molecular formula is C49H68LuN9O16. The smallest absolute Gasteiger partial charge is 0.549 e. The zero-order valence-corrected chi connectivity index (χ0v) is 43.3. The number of nitrogens with one attached hydrogen (secondary N) is 5. The molecule has 0 aromatic heterocycles. The van der Waals surface area contributed by atoms with E-state index in [9.17, 15) is 73.5 Å². The van der Waals surface area contributed by atoms with Crippen molar-refractivity contribution >= 4 is 70.3 Å². The first kappa shape index (κ1) is 63.6. The second kappa shape index (κ2) is 33.3. The topological polar surface area (TPSA) is 374 Å². The molecule has 3 atom stereocenters. The van der Waals surface area contributed by atoms with Crippen molar-refractivity contribution in [2.24, 2.45) is 11.8 Å². The standard InChI is InChI=1S/C49H71N9O16.Lu/c59-40(28-55-17-19-56(29-42(62)63)21-23-58(31-44(66)67)24-22-57(20-18-55)30-43(64)65)51-27-32-8-12-35(13-9-32)45(68)52-39(26-33-10-11-34-5-1-2-6-36(34)25-33)46(69)50-16-4-3-7-37(47(70)71)53-49(74)54-38(48(72)73)14-15-41(60)61;/h1-2,5-6,10-11,25,32,35,37-39H,3-4,7-9,12-24,26-31H2,(H,50,69)(H,51,59)(H,52,68)(H,60,61)(H,62,63)(H,64,65)(H,66,67)(H,70,71)(H,72,73)(H2,53,54,74);/q;+3/p-3/t32?,35?,37-,38-,39-;/m0./s1. The van der Waals surface area contributed by atoms with Gasteiger partial charge in [0.15, 0.2) is 0 Å². The molecule has 8 N–H and O–H groups in total. The van der Waals surface area contributed by atoms with Crippen molar-refractivity contribution in [1.82, 2.24) is 46.2 Å². The average molecular weight is 1210 g/mol. The van der Waals surface area contributed by atoms with E-state index < -0.39 is 104 Å². The first-order valence-corrected chi connectivity index (χ1v) is 24.8. The van der Waals surface area contributed by atoms with Crippen LogP contribution in [0.25, 0.3) is 10.8 Å². The molecule has 5 amide bonds. The summed E-state index contributed by atoms with van der Waals surface area (Å²) in [6.07, 6.45) is 1.83. The molecule has 0 unspecified atom stereocenters. The minimum atomic E-state index is -1.56. The van der Waals surface area contributed by atoms with E-state index in [4.69, 9.17) is 5.11 Å². The number of hydrogen-bond donors (Lipinski definition) is 8. The maximum absolute atomic E-state index is 13.8. The van der Waals surface area contributed by atoms with Crippen LogP contribution in [0.3, 0.4) is 0 Å². The number of carboxylic acid groups (broad SMARTS) is 6. The number of unbranched alkanes of at least 4 members (excludes halogenated alkanes) is 1. The van der Waals surface area contributed by atoms with Gasteiger partial charge in [0.1, 0.15) is 18.1 Å². The summed E-state index contributed by atoms with van der Waals surface area (Å²) in [6.45, 7) is 0.673. The third-order valence-corrected chi connectivity index (χ3v) is 13.1. The van der Waals surface area contributed by atoms with Gasteiger partial charge in [0.05, 0.1) is 24.5 Å². The van der Waals surface area contributed by atoms with E-state index in [0.717, 1.165) is 16.3 Å². The van der Waals surface area contributed by atoms with Crippen LogP contribution in [0.2, 0.25) is 0 Å². The maximum Gasteiger partial charge on any atom is 3.00 e. The van der Waals surface area contributed by atoms with E-state index in [0.29, 0.717) is 32.2 Å². The molecule has 0 bridgehead atoms. The minimum Gasteiger partial charge on any atom is -0.549 e. The van der Waals surface area contributed by atoms with Crippen molar-refractivity contribution in [1.29, 1.82) is 0 Å². The van der Waals surface area contributed by atoms with Crippen molar-refractivity contribution < 1.29 is 115 Å². The van der Waals surface area contributed by atoms with E-state index in [1.54, 1.807) is 19.6 Å². The second-order valence-electron chi connectivity index (χ2n) is 18.8. The molecule has 75 heavy (non-hydrogen) atoms. The maximum atomic E-state index is 13.8. The Balaban J connectivity index is 0.0000148. The largest absolute Gasteiger partial charge is 3.00 e. The van der Waals surface area contributed by atoms with Crippen molar-refractivity contribution in [2.45, 2.75) is 82.3 Å². The average Bonchev–Trinajstić information content (AvgIpc) is 3.34. The van der Waals surface area contributed by atoms with Crippen LogP contribution in [0.5, 0.6) is 0 Å². The number of amides is 5. The van der Waals surface area contributed by atoms with E-state index >= 15 is 0 Å². The fourth-order valence-electron chi connectivity index (χ4n) is 8.95. The summed E-state index contributed by atoms with van der Waals surface area (Å²) in [6, 6.07) is 8.38. The van der Waals surface area contributed by atoms with Gasteiger partial charge < -0.3 is 71.6 Å². The van der Waals surface area contributed by atoms with Gasteiger partial charge >= 0.3 is 60.8 Å². The van der Waals surface area contributed by atoms with Gasteiger partial charge in [-0.2, -0.15) is 0 Å². The number of carbonyl (C=O) groups excluding carboxylic acids is 7. The molecule has 4 rings (SSSR count). The molecule has 26 heteroatoms. The second-order valence-corrected chi connectivity index (χ2v) is 18.8. The first-order valence-electron chi connectivity index (χ1n) is 24.8. The number of urea groups is 1. The normalized spacial score (nSPS) is 18.5. The van der Waals surface area contributed by atoms with Gasteiger partial charge in [0, 0.05) is 104 Å². The number of hydrogen-bond acceptors (Lipinski definition) is 17. The van der Waals surface area contributed by atoms with Gasteiger partial charge in [-0.15, -0.1) is 0 Å². The molecular weight excluding hydrogens is 1150 g/mol. The van der Waals surface area contributed by atoms with E-state index in [2.05, 4.69) is 26.6 Å². The Labute approximate surface area is 463 Å². The van der Waals surface area contributed by atoms with Crippen LogP contribution in [0.15, 0.2) is 42.5 Å². The third kappa shape index (κ3) is 24.7. The molecule has 1 saturated heterocycles. The molecule has 1 heterocycles. The fourth-order valence-corrected chi connectivity index (χ4v) is 8.95. The molecule has 0 spiro atoms. The summed E-state index contributed by atoms with van der Waals surface area (Å²) in [5, 5.41) is 77.2. The third-order valence-electron chi connectivity index (χ3n) is 13.1. The number of nitrogens with zero attached hydrogens (tertiary/aromatic N) is 4. The summed E-state index contributed by atoms with van der Waals surface area (Å²) in [5.41, 5.74) is 0.796. The van der Waals surface area contributed by atoms with Crippen molar-refractivity contribution in [3.05, 3.63) is 48.0 Å². The van der Waals surface area contributed by atoms with E-state index in [1.165, 1.54) is 0 Å². The molecule has 1 saturated carbocycles. The van der Waals surface area contributed by atoms with Gasteiger partial charge in [-0.1, -0.05) is 42.5 Å². The van der Waals surface area contributed by atoms with Gasteiger partial charge in [0.2, 0.25) is 17.7 Å². The summed E-state index contributed by atoms with van der Waals surface area (Å²) in [4.78, 5) is 128. The van der Waals surface area contributed by atoms with Crippen LogP contribution in [0.1, 0.15) is 63.4 Å². The van der Waals surface area contributed by atoms with Crippen LogP contribution in [-0.4, -0.2) is 204 Å². The van der Waals surface area contributed by atoms with Crippen molar-refractivity contribution in [3.63, 3.8) is 0 Å². The van der Waals surface area contributed by atoms with Crippen LogP contribution in [0.4, 0.5) is 4.79 Å². The Morgan fingerprint density at radius 2 is 1.07 bits per heavy atom. The molecule has 420 valence electrons. The zero-order valence-electron chi connectivity index (χ0n) is 41.6. The molecule has 25 nitrogen and oxygen atoms in total. The van der Waals surface area contributed by atoms with E-state index in [1.807, 2.05) is 42.5 Å². The Kier molecular flexibility index (Phi) is 28.3. The monoisotopic (exact) mass is 1210 g/mol. The molecule has 2 aromatic rings. The van der Waals surface area contributed by atoms with Crippen molar-refractivity contribution in [3.8, 4) is 0 Å². The molecule has 1 aliphatic heterocycles. The number of fused-ring (bicyclic) bond motifs is 1. The molecule has 0 radical (unpaired) electrons. The zero-order chi connectivity index (χ0) is 54.2. The Morgan fingerprint density at radius 3 is 1.56 bits per heavy atom. The van der Waals surface area contributed by atoms with Gasteiger partial charge in [0.25, 0.3) is 0 Å². The fraction of sp³-hybridized carbons (Fsp3) is 0.592. The number of carboxylic acids is 6. The van der Waals surface area contributed by atoms with Crippen LogP contribution in [0, 0.1) is 48.7 Å². The summed E-state index contributed by atoms with van der Waals surface area (Å²) < 4.78 is 0. The summed E-state index contributed by atoms with van der Waals surface area (Å²) >= 11 is 0. The predicted molar refractivity (Wildman–Crippen MR) is 257 cm³/mol. The predicted octanol–water partition coefficient (Wildman–Crippen LogP) is -4.38. The Bertz CT molecular complexity index is 2240. The van der Waals surface area contributed by atoms with Gasteiger partial charge in [-0.25, -0.2) is 14.4 Å². The molecule has 2 fully saturated rings.